The molecule has 0 aromatic rings. The fraction of sp³-hybridized carbons (Fsp3) is 0.800. The number of aliphatic hydroxyl groups excluding tert-OH is 1. The van der Waals surface area contributed by atoms with Gasteiger partial charge in [-0.1, -0.05) is 13.3 Å². The second-order valence-corrected chi connectivity index (χ2v) is 3.32. The Labute approximate surface area is 90.0 Å². The van der Waals surface area contributed by atoms with Gasteiger partial charge in [-0.05, 0) is 6.42 Å². The minimum atomic E-state index is -0.722. The van der Waals surface area contributed by atoms with Crippen LogP contribution in [0.4, 0.5) is 0 Å². The summed E-state index contributed by atoms with van der Waals surface area (Å²) in [4.78, 5) is 11.4. The number of nitrogens with one attached hydrogen (secondary N) is 1. The van der Waals surface area contributed by atoms with Crippen molar-refractivity contribution in [1.82, 2.24) is 5.32 Å². The maximum atomic E-state index is 11.4. The van der Waals surface area contributed by atoms with Crippen LogP contribution in [0, 0.1) is 17.2 Å². The van der Waals surface area contributed by atoms with Gasteiger partial charge in [0.2, 0.25) is 5.91 Å². The van der Waals surface area contributed by atoms with E-state index in [4.69, 9.17) is 10.00 Å². The second-order valence-electron chi connectivity index (χ2n) is 3.32. The molecule has 86 valence electrons. The third kappa shape index (κ3) is 6.05. The third-order valence-corrected chi connectivity index (χ3v) is 1.92. The number of methoxy groups -OCH3 is 1. The molecule has 0 radical (unpaired) electrons. The first kappa shape index (κ1) is 13.9. The Bertz CT molecular complexity index is 225. The Balaban J connectivity index is 3.86. The van der Waals surface area contributed by atoms with Crippen LogP contribution in [0.15, 0.2) is 0 Å². The van der Waals surface area contributed by atoms with Crippen molar-refractivity contribution < 1.29 is 14.6 Å². The lowest BCUT2D eigenvalue weighted by Crippen LogP contribution is -2.37. The quantitative estimate of drug-likeness (QED) is 0.627. The van der Waals surface area contributed by atoms with E-state index in [1.807, 2.05) is 13.0 Å². The minimum absolute atomic E-state index is 0.120. The molecule has 2 unspecified atom stereocenters. The van der Waals surface area contributed by atoms with Crippen LogP contribution in [0.3, 0.4) is 0 Å². The summed E-state index contributed by atoms with van der Waals surface area (Å²) in [6.07, 6.45) is 0.606. The van der Waals surface area contributed by atoms with Gasteiger partial charge in [-0.25, -0.2) is 0 Å². The molecule has 5 heteroatoms. The van der Waals surface area contributed by atoms with Crippen LogP contribution >= 0.6 is 0 Å². The minimum Gasteiger partial charge on any atom is -0.389 e. The largest absolute Gasteiger partial charge is 0.389 e. The molecule has 15 heavy (non-hydrogen) atoms. The van der Waals surface area contributed by atoms with E-state index >= 15 is 0 Å². The number of nitrogens with zero attached hydrogens (tertiary/aromatic N) is 1. The van der Waals surface area contributed by atoms with Crippen LogP contribution in [0.2, 0.25) is 0 Å². The lowest BCUT2D eigenvalue weighted by molar-refractivity contribution is -0.124. The summed E-state index contributed by atoms with van der Waals surface area (Å²) in [7, 11) is 1.47. The van der Waals surface area contributed by atoms with E-state index in [1.54, 1.807) is 0 Å². The van der Waals surface area contributed by atoms with Crippen molar-refractivity contribution in [2.24, 2.45) is 5.92 Å². The first-order valence-electron chi connectivity index (χ1n) is 5.00. The highest BCUT2D eigenvalue weighted by molar-refractivity contribution is 5.80. The van der Waals surface area contributed by atoms with Crippen LogP contribution in [-0.4, -0.2) is 37.4 Å². The van der Waals surface area contributed by atoms with Gasteiger partial charge in [-0.3, -0.25) is 4.79 Å². The van der Waals surface area contributed by atoms with E-state index in [-0.39, 0.29) is 19.1 Å². The highest BCUT2D eigenvalue weighted by Gasteiger charge is 2.17. The zero-order chi connectivity index (χ0) is 11.7. The Kier molecular flexibility index (Phi) is 7.60. The molecule has 0 aliphatic carbocycles. The number of amides is 1. The number of hydrogen-bond acceptors (Lipinski definition) is 4. The van der Waals surface area contributed by atoms with Gasteiger partial charge in [0, 0.05) is 13.7 Å². The summed E-state index contributed by atoms with van der Waals surface area (Å²) in [6, 6.07) is 1.93. The van der Waals surface area contributed by atoms with Gasteiger partial charge in [0.05, 0.1) is 18.8 Å². The molecule has 2 N–H and O–H groups in total. The van der Waals surface area contributed by atoms with Crippen molar-refractivity contribution in [1.29, 1.82) is 5.26 Å². The molecule has 0 fully saturated rings. The first-order chi connectivity index (χ1) is 7.15. The number of nitriles is 1. The monoisotopic (exact) mass is 214 g/mol. The molecule has 1 amide bonds. The van der Waals surface area contributed by atoms with Crippen molar-refractivity contribution >= 4 is 5.91 Å². The first-order valence-corrected chi connectivity index (χ1v) is 5.00. The fourth-order valence-corrected chi connectivity index (χ4v) is 1.14. The number of aliphatic hydroxyl groups is 1. The number of rotatable bonds is 7. The average Bonchev–Trinajstić information content (AvgIpc) is 2.23. The second kappa shape index (κ2) is 8.21. The fourth-order valence-electron chi connectivity index (χ4n) is 1.14. The van der Waals surface area contributed by atoms with Gasteiger partial charge in [0.15, 0.2) is 0 Å². The molecule has 0 bridgehead atoms. The van der Waals surface area contributed by atoms with E-state index in [2.05, 4.69) is 5.32 Å². The smallest absolute Gasteiger partial charge is 0.237 e. The van der Waals surface area contributed by atoms with E-state index in [0.29, 0.717) is 6.42 Å². The van der Waals surface area contributed by atoms with Crippen LogP contribution in [-0.2, 0) is 9.53 Å². The van der Waals surface area contributed by atoms with Crippen LogP contribution in [0.25, 0.3) is 0 Å². The van der Waals surface area contributed by atoms with Crippen molar-refractivity contribution in [3.63, 3.8) is 0 Å². The van der Waals surface area contributed by atoms with E-state index < -0.39 is 12.0 Å². The summed E-state index contributed by atoms with van der Waals surface area (Å²) in [6.45, 7) is 2.21. The average molecular weight is 214 g/mol. The van der Waals surface area contributed by atoms with Gasteiger partial charge in [0.25, 0.3) is 0 Å². The lowest BCUT2D eigenvalue weighted by Gasteiger charge is -2.12. The number of hydrogen-bond donors (Lipinski definition) is 2. The lowest BCUT2D eigenvalue weighted by atomic mass is 10.1. The molecule has 0 saturated heterocycles. The summed E-state index contributed by atoms with van der Waals surface area (Å²) >= 11 is 0. The summed E-state index contributed by atoms with van der Waals surface area (Å²) in [5, 5.41) is 20.5. The van der Waals surface area contributed by atoms with Gasteiger partial charge < -0.3 is 15.2 Å². The van der Waals surface area contributed by atoms with Crippen molar-refractivity contribution in [3.05, 3.63) is 0 Å². The van der Waals surface area contributed by atoms with E-state index in [0.717, 1.165) is 6.42 Å². The van der Waals surface area contributed by atoms with Crippen molar-refractivity contribution in [2.45, 2.75) is 25.9 Å². The molecule has 0 aliphatic heterocycles. The Morgan fingerprint density at radius 2 is 2.33 bits per heavy atom. The van der Waals surface area contributed by atoms with Gasteiger partial charge in [0.1, 0.15) is 5.92 Å². The van der Waals surface area contributed by atoms with E-state index in [1.165, 1.54) is 7.11 Å². The predicted octanol–water partition coefficient (Wildman–Crippen LogP) is 0.0498. The molecule has 0 heterocycles. The van der Waals surface area contributed by atoms with Gasteiger partial charge >= 0.3 is 0 Å². The Morgan fingerprint density at radius 1 is 1.67 bits per heavy atom. The molecule has 0 saturated carbocycles. The van der Waals surface area contributed by atoms with Gasteiger partial charge in [-0.15, -0.1) is 0 Å². The summed E-state index contributed by atoms with van der Waals surface area (Å²) in [5.74, 6) is -0.945. The molecule has 0 aromatic carbocycles. The summed E-state index contributed by atoms with van der Waals surface area (Å²) < 4.78 is 4.70. The van der Waals surface area contributed by atoms with Gasteiger partial charge in [-0.2, -0.15) is 5.26 Å². The highest BCUT2D eigenvalue weighted by atomic mass is 16.5. The standard InChI is InChI=1S/C10H18N2O3/c1-3-4-8(5-11)10(14)12-6-9(13)7-15-2/h8-9,13H,3-4,6-7H2,1-2H3,(H,12,14). The topological polar surface area (TPSA) is 82.4 Å². The molecule has 0 aromatic heterocycles. The van der Waals surface area contributed by atoms with Crippen LogP contribution in [0.5, 0.6) is 0 Å². The van der Waals surface area contributed by atoms with E-state index in [9.17, 15) is 9.90 Å². The van der Waals surface area contributed by atoms with Crippen molar-refractivity contribution in [3.8, 4) is 6.07 Å². The Hall–Kier alpha value is -1.12. The maximum Gasteiger partial charge on any atom is 0.237 e. The Morgan fingerprint density at radius 3 is 2.80 bits per heavy atom. The highest BCUT2D eigenvalue weighted by Crippen LogP contribution is 2.04. The van der Waals surface area contributed by atoms with Crippen LogP contribution < -0.4 is 5.32 Å². The molecular weight excluding hydrogens is 196 g/mol. The molecule has 5 nitrogen and oxygen atoms in total. The molecule has 2 atom stereocenters. The summed E-state index contributed by atoms with van der Waals surface area (Å²) in [5.41, 5.74) is 0. The molecule has 0 spiro atoms. The van der Waals surface area contributed by atoms with Crippen molar-refractivity contribution in [2.75, 3.05) is 20.3 Å². The molecular formula is C10H18N2O3. The SMILES string of the molecule is CCCC(C#N)C(=O)NCC(O)COC. The molecule has 0 rings (SSSR count). The third-order valence-electron chi connectivity index (χ3n) is 1.92. The predicted molar refractivity (Wildman–Crippen MR) is 54.9 cm³/mol. The van der Waals surface area contributed by atoms with Crippen LogP contribution in [0.1, 0.15) is 19.8 Å². The normalized spacial score (nSPS) is 14.0. The maximum absolute atomic E-state index is 11.4. The zero-order valence-electron chi connectivity index (χ0n) is 9.19. The molecule has 0 aliphatic rings. The number of carbonyl (C=O) groups is 1. The zero-order valence-corrected chi connectivity index (χ0v) is 9.19. The number of carbonyl (C=O) groups excluding carboxylic acids is 1. The number of ether oxygens (including phenoxy) is 1.